The largest absolute Gasteiger partial charge is 0.452 e. The van der Waals surface area contributed by atoms with Crippen LogP contribution >= 0.6 is 11.3 Å². The quantitative estimate of drug-likeness (QED) is 0.552. The zero-order chi connectivity index (χ0) is 18.6. The molecule has 0 unspecified atom stereocenters. The van der Waals surface area contributed by atoms with Crippen LogP contribution in [0.25, 0.3) is 16.3 Å². The Kier molecular flexibility index (Phi) is 5.34. The number of thiazole rings is 1. The summed E-state index contributed by atoms with van der Waals surface area (Å²) in [6, 6.07) is 8.11. The number of hydrogen-bond donors (Lipinski definition) is 0. The van der Waals surface area contributed by atoms with Crippen LogP contribution in [-0.4, -0.2) is 34.4 Å². The predicted molar refractivity (Wildman–Crippen MR) is 106 cm³/mol. The number of rotatable bonds is 6. The average Bonchev–Trinajstić information content (AvgIpc) is 3.43. The summed E-state index contributed by atoms with van der Waals surface area (Å²) in [6.45, 7) is -0.211. The molecule has 1 aromatic heterocycles. The van der Waals surface area contributed by atoms with Gasteiger partial charge in [0.05, 0.1) is 10.2 Å². The van der Waals surface area contributed by atoms with E-state index in [1.807, 2.05) is 29.2 Å². The number of esters is 1. The summed E-state index contributed by atoms with van der Waals surface area (Å²) in [5, 5.41) is 0.742. The summed E-state index contributed by atoms with van der Waals surface area (Å²) in [5.74, 6) is -0.636. The number of nitrogens with zero attached hydrogens (tertiary/aromatic N) is 2. The van der Waals surface area contributed by atoms with E-state index in [2.05, 4.69) is 11.1 Å². The first-order valence-electron chi connectivity index (χ1n) is 9.42. The van der Waals surface area contributed by atoms with Gasteiger partial charge in [-0.25, -0.2) is 9.78 Å². The highest BCUT2D eigenvalue weighted by atomic mass is 32.1. The molecule has 2 aliphatic rings. The number of benzene rings is 1. The topological polar surface area (TPSA) is 59.5 Å². The van der Waals surface area contributed by atoms with Crippen molar-refractivity contribution in [3.05, 3.63) is 47.1 Å². The first-order valence-corrected chi connectivity index (χ1v) is 10.2. The zero-order valence-electron chi connectivity index (χ0n) is 15.1. The van der Waals surface area contributed by atoms with Crippen molar-refractivity contribution in [3.8, 4) is 0 Å². The molecule has 0 saturated heterocycles. The van der Waals surface area contributed by atoms with E-state index in [-0.39, 0.29) is 12.5 Å². The molecule has 27 heavy (non-hydrogen) atoms. The van der Waals surface area contributed by atoms with Crippen LogP contribution in [0.2, 0.25) is 0 Å². The fraction of sp³-hybridized carbons (Fsp3) is 0.381. The van der Waals surface area contributed by atoms with Gasteiger partial charge in [0.15, 0.2) is 6.61 Å². The molecule has 0 bridgehead atoms. The molecule has 1 aromatic carbocycles. The molecule has 0 spiro atoms. The van der Waals surface area contributed by atoms with Gasteiger partial charge in [-0.2, -0.15) is 0 Å². The second-order valence-corrected chi connectivity index (χ2v) is 7.96. The van der Waals surface area contributed by atoms with E-state index in [0.717, 1.165) is 53.0 Å². The van der Waals surface area contributed by atoms with Crippen molar-refractivity contribution >= 4 is 39.5 Å². The molecule has 0 aliphatic heterocycles. The number of carbonyl (C=O) groups is 2. The van der Waals surface area contributed by atoms with Crippen molar-refractivity contribution in [1.29, 1.82) is 0 Å². The summed E-state index contributed by atoms with van der Waals surface area (Å²) in [7, 11) is 0. The molecule has 1 fully saturated rings. The normalized spacial score (nSPS) is 17.1. The molecule has 1 saturated carbocycles. The van der Waals surface area contributed by atoms with E-state index in [4.69, 9.17) is 4.74 Å². The van der Waals surface area contributed by atoms with Crippen LogP contribution in [0.1, 0.15) is 43.5 Å². The van der Waals surface area contributed by atoms with Gasteiger partial charge in [0.25, 0.3) is 5.91 Å². The van der Waals surface area contributed by atoms with E-state index >= 15 is 0 Å². The fourth-order valence-electron chi connectivity index (χ4n) is 3.32. The van der Waals surface area contributed by atoms with E-state index in [1.165, 1.54) is 23.8 Å². The smallest absolute Gasteiger partial charge is 0.331 e. The maximum absolute atomic E-state index is 12.6. The van der Waals surface area contributed by atoms with Gasteiger partial charge in [0, 0.05) is 17.8 Å². The Morgan fingerprint density at radius 1 is 1.26 bits per heavy atom. The van der Waals surface area contributed by atoms with Gasteiger partial charge in [0.1, 0.15) is 5.01 Å². The Labute approximate surface area is 162 Å². The summed E-state index contributed by atoms with van der Waals surface area (Å²) >= 11 is 1.51. The van der Waals surface area contributed by atoms with Crippen LogP contribution in [0.3, 0.4) is 0 Å². The number of carbonyl (C=O) groups excluding carboxylic acids is 2. The molecule has 1 heterocycles. The molecular formula is C21H22N2O3S. The van der Waals surface area contributed by atoms with Crippen LogP contribution in [0, 0.1) is 0 Å². The van der Waals surface area contributed by atoms with Gasteiger partial charge >= 0.3 is 5.97 Å². The lowest BCUT2D eigenvalue weighted by molar-refractivity contribution is -0.147. The molecule has 0 radical (unpaired) electrons. The molecule has 0 atom stereocenters. The van der Waals surface area contributed by atoms with Crippen LogP contribution < -0.4 is 0 Å². The summed E-state index contributed by atoms with van der Waals surface area (Å²) in [4.78, 5) is 30.9. The van der Waals surface area contributed by atoms with Gasteiger partial charge in [-0.05, 0) is 56.7 Å². The highest BCUT2D eigenvalue weighted by molar-refractivity contribution is 7.19. The number of hydrogen-bond acceptors (Lipinski definition) is 5. The number of amides is 1. The number of aromatic nitrogens is 1. The van der Waals surface area contributed by atoms with E-state index in [9.17, 15) is 9.59 Å². The second kappa shape index (κ2) is 8.05. The Morgan fingerprint density at radius 2 is 2.11 bits per heavy atom. The number of allylic oxidation sites excluding steroid dienone is 2. The first kappa shape index (κ1) is 17.9. The molecule has 2 aromatic rings. The molecule has 5 nitrogen and oxygen atoms in total. The summed E-state index contributed by atoms with van der Waals surface area (Å²) in [5.41, 5.74) is 2.02. The van der Waals surface area contributed by atoms with Gasteiger partial charge in [0.2, 0.25) is 0 Å². The standard InChI is InChI=1S/C21H22N2O3S/c24-20(23(16-10-11-16)15-6-2-1-3-7-15)14-26-21(25)13-12-19-22-17-8-4-5-9-18(17)27-19/h4-6,8-9,12-13,16H,1-3,7,10-11,14H2/b13-12+. The third-order valence-corrected chi connectivity index (χ3v) is 5.77. The molecule has 4 rings (SSSR count). The van der Waals surface area contributed by atoms with Gasteiger partial charge in [-0.3, -0.25) is 4.79 Å². The lowest BCUT2D eigenvalue weighted by Gasteiger charge is -2.27. The molecular weight excluding hydrogens is 360 g/mol. The summed E-state index contributed by atoms with van der Waals surface area (Å²) < 4.78 is 6.25. The molecule has 2 aliphatic carbocycles. The SMILES string of the molecule is O=C(/C=C/c1nc2ccccc2s1)OCC(=O)N(C1=CCCCC1)C1CC1. The van der Waals surface area contributed by atoms with E-state index in [0.29, 0.717) is 6.04 Å². The lowest BCUT2D eigenvalue weighted by atomic mass is 10.0. The van der Waals surface area contributed by atoms with Crippen LogP contribution in [0.4, 0.5) is 0 Å². The minimum atomic E-state index is -0.518. The molecule has 0 N–H and O–H groups in total. The molecule has 140 valence electrons. The van der Waals surface area contributed by atoms with Crippen molar-refractivity contribution in [1.82, 2.24) is 9.88 Å². The third kappa shape index (κ3) is 4.45. The van der Waals surface area contributed by atoms with Gasteiger partial charge in [-0.15, -0.1) is 11.3 Å². The highest BCUT2D eigenvalue weighted by Crippen LogP contribution is 2.33. The average molecular weight is 382 g/mol. The Balaban J connectivity index is 1.33. The van der Waals surface area contributed by atoms with E-state index < -0.39 is 5.97 Å². The van der Waals surface area contributed by atoms with Crippen molar-refractivity contribution in [2.75, 3.05) is 6.61 Å². The first-order chi connectivity index (χ1) is 13.2. The van der Waals surface area contributed by atoms with Gasteiger partial charge in [-0.1, -0.05) is 18.2 Å². The Hall–Kier alpha value is -2.47. The summed E-state index contributed by atoms with van der Waals surface area (Å²) in [6.07, 6.45) is 11.5. The minimum absolute atomic E-state index is 0.118. The maximum atomic E-state index is 12.6. The predicted octanol–water partition coefficient (Wildman–Crippen LogP) is 4.30. The van der Waals surface area contributed by atoms with Crippen molar-refractivity contribution < 1.29 is 14.3 Å². The van der Waals surface area contributed by atoms with Crippen molar-refractivity contribution in [2.45, 2.75) is 44.6 Å². The highest BCUT2D eigenvalue weighted by Gasteiger charge is 2.35. The van der Waals surface area contributed by atoms with Crippen molar-refractivity contribution in [3.63, 3.8) is 0 Å². The maximum Gasteiger partial charge on any atom is 0.331 e. The number of fused-ring (bicyclic) bond motifs is 1. The number of para-hydroxylation sites is 1. The van der Waals surface area contributed by atoms with Crippen LogP contribution in [0.5, 0.6) is 0 Å². The second-order valence-electron chi connectivity index (χ2n) is 6.90. The van der Waals surface area contributed by atoms with E-state index in [1.54, 1.807) is 6.08 Å². The zero-order valence-corrected chi connectivity index (χ0v) is 15.9. The van der Waals surface area contributed by atoms with Crippen LogP contribution in [0.15, 0.2) is 42.1 Å². The fourth-order valence-corrected chi connectivity index (χ4v) is 4.19. The molecule has 1 amide bonds. The molecule has 6 heteroatoms. The Morgan fingerprint density at radius 3 is 2.85 bits per heavy atom. The minimum Gasteiger partial charge on any atom is -0.452 e. The van der Waals surface area contributed by atoms with Gasteiger partial charge < -0.3 is 9.64 Å². The third-order valence-electron chi connectivity index (χ3n) is 4.77. The monoisotopic (exact) mass is 382 g/mol. The van der Waals surface area contributed by atoms with Crippen LogP contribution in [-0.2, 0) is 14.3 Å². The Bertz CT molecular complexity index is 878. The van der Waals surface area contributed by atoms with Crippen molar-refractivity contribution in [2.24, 2.45) is 0 Å². The number of ether oxygens (including phenoxy) is 1. The lowest BCUT2D eigenvalue weighted by Crippen LogP contribution is -2.36.